The van der Waals surface area contributed by atoms with Crippen molar-refractivity contribution in [3.63, 3.8) is 0 Å². The van der Waals surface area contributed by atoms with E-state index in [1.165, 1.54) is 25.5 Å². The summed E-state index contributed by atoms with van der Waals surface area (Å²) < 4.78 is 27.1. The summed E-state index contributed by atoms with van der Waals surface area (Å²) in [5.41, 5.74) is 0. The molecule has 1 fully saturated rings. The second-order valence-electron chi connectivity index (χ2n) is 5.27. The first-order valence-electron chi connectivity index (χ1n) is 7.31. The van der Waals surface area contributed by atoms with Gasteiger partial charge in [-0.15, -0.1) is 0 Å². The van der Waals surface area contributed by atoms with Gasteiger partial charge in [-0.25, -0.2) is 18.1 Å². The smallest absolute Gasteiger partial charge is 0.242 e. The molecule has 0 spiro atoms. The van der Waals surface area contributed by atoms with Crippen LogP contribution in [0.3, 0.4) is 0 Å². The monoisotopic (exact) mass is 297 g/mol. The molecule has 1 aromatic rings. The van der Waals surface area contributed by atoms with Crippen molar-refractivity contribution in [3.05, 3.63) is 18.3 Å². The first-order valence-corrected chi connectivity index (χ1v) is 8.79. The number of aromatic nitrogens is 1. The maximum Gasteiger partial charge on any atom is 0.242 e. The molecule has 2 rings (SSSR count). The van der Waals surface area contributed by atoms with Gasteiger partial charge < -0.3 is 5.32 Å². The zero-order chi connectivity index (χ0) is 14.4. The highest BCUT2D eigenvalue weighted by molar-refractivity contribution is 7.89. The third-order valence-electron chi connectivity index (χ3n) is 3.69. The minimum Gasteiger partial charge on any atom is -0.370 e. The second kappa shape index (κ2) is 7.04. The highest BCUT2D eigenvalue weighted by Crippen LogP contribution is 2.23. The molecule has 0 saturated heterocycles. The highest BCUT2D eigenvalue weighted by Gasteiger charge is 2.19. The molecule has 1 heterocycles. The number of pyridine rings is 1. The van der Waals surface area contributed by atoms with Crippen molar-refractivity contribution in [2.24, 2.45) is 5.92 Å². The largest absolute Gasteiger partial charge is 0.370 e. The van der Waals surface area contributed by atoms with E-state index >= 15 is 0 Å². The maximum absolute atomic E-state index is 12.2. The van der Waals surface area contributed by atoms with Gasteiger partial charge in [0.05, 0.1) is 0 Å². The summed E-state index contributed by atoms with van der Waals surface area (Å²) in [5.74, 6) is 1.17. The van der Waals surface area contributed by atoms with Crippen LogP contribution in [0.4, 0.5) is 5.82 Å². The van der Waals surface area contributed by atoms with Crippen molar-refractivity contribution >= 4 is 15.8 Å². The fraction of sp³-hybridized carbons (Fsp3) is 0.643. The quantitative estimate of drug-likeness (QED) is 0.845. The van der Waals surface area contributed by atoms with Gasteiger partial charge in [-0.3, -0.25) is 0 Å². The first kappa shape index (κ1) is 15.3. The first-order chi connectivity index (χ1) is 9.62. The van der Waals surface area contributed by atoms with Gasteiger partial charge in [0, 0.05) is 19.3 Å². The van der Waals surface area contributed by atoms with Crippen LogP contribution in [0.1, 0.15) is 39.0 Å². The lowest BCUT2D eigenvalue weighted by Gasteiger charge is -2.21. The van der Waals surface area contributed by atoms with Crippen LogP contribution in [-0.2, 0) is 10.0 Å². The number of nitrogens with one attached hydrogen (secondary N) is 2. The van der Waals surface area contributed by atoms with E-state index in [-0.39, 0.29) is 4.90 Å². The van der Waals surface area contributed by atoms with Crippen LogP contribution in [0.2, 0.25) is 0 Å². The molecule has 0 unspecified atom stereocenters. The molecule has 2 N–H and O–H groups in total. The van der Waals surface area contributed by atoms with E-state index in [1.807, 2.05) is 6.92 Å². The van der Waals surface area contributed by atoms with E-state index in [2.05, 4.69) is 15.0 Å². The average Bonchev–Trinajstić information content (AvgIpc) is 2.47. The molecular formula is C14H23N3O2S. The molecular weight excluding hydrogens is 274 g/mol. The average molecular weight is 297 g/mol. The van der Waals surface area contributed by atoms with Gasteiger partial charge in [0.25, 0.3) is 0 Å². The van der Waals surface area contributed by atoms with Gasteiger partial charge in [-0.05, 0) is 37.8 Å². The zero-order valence-corrected chi connectivity index (χ0v) is 12.7. The molecule has 1 aliphatic rings. The van der Waals surface area contributed by atoms with Gasteiger partial charge >= 0.3 is 0 Å². The van der Waals surface area contributed by atoms with Gasteiger partial charge in [0.15, 0.2) is 0 Å². The summed E-state index contributed by atoms with van der Waals surface area (Å²) in [6.07, 6.45) is 7.36. The van der Waals surface area contributed by atoms with Crippen molar-refractivity contribution in [2.45, 2.75) is 43.9 Å². The summed E-state index contributed by atoms with van der Waals surface area (Å²) in [7, 11) is -3.43. The molecule has 20 heavy (non-hydrogen) atoms. The maximum atomic E-state index is 12.2. The van der Waals surface area contributed by atoms with Crippen LogP contribution < -0.4 is 10.0 Å². The van der Waals surface area contributed by atoms with Crippen LogP contribution in [0.5, 0.6) is 0 Å². The number of hydrogen-bond acceptors (Lipinski definition) is 4. The van der Waals surface area contributed by atoms with Crippen molar-refractivity contribution in [2.75, 3.05) is 18.4 Å². The highest BCUT2D eigenvalue weighted by atomic mass is 32.2. The summed E-state index contributed by atoms with van der Waals surface area (Å²) in [4.78, 5) is 4.33. The zero-order valence-electron chi connectivity index (χ0n) is 11.9. The lowest BCUT2D eigenvalue weighted by molar-refractivity contribution is 0.357. The van der Waals surface area contributed by atoms with Crippen molar-refractivity contribution in [1.82, 2.24) is 9.71 Å². The molecule has 0 atom stereocenters. The molecule has 1 aromatic heterocycles. The Bertz CT molecular complexity index is 508. The summed E-state index contributed by atoms with van der Waals surface area (Å²) in [6, 6.07) is 3.28. The Morgan fingerprint density at radius 3 is 2.60 bits per heavy atom. The molecule has 0 aromatic carbocycles. The molecule has 1 saturated carbocycles. The Labute approximate surface area is 121 Å². The molecule has 0 bridgehead atoms. The lowest BCUT2D eigenvalue weighted by Crippen LogP contribution is -2.30. The Balaban J connectivity index is 1.94. The minimum atomic E-state index is -3.43. The normalized spacial score (nSPS) is 17.1. The van der Waals surface area contributed by atoms with E-state index in [9.17, 15) is 8.42 Å². The lowest BCUT2D eigenvalue weighted by atomic mass is 9.90. The molecule has 0 amide bonds. The van der Waals surface area contributed by atoms with E-state index in [0.29, 0.717) is 18.3 Å². The Hall–Kier alpha value is -1.14. The fourth-order valence-electron chi connectivity index (χ4n) is 2.53. The molecule has 112 valence electrons. The van der Waals surface area contributed by atoms with Gasteiger partial charge in [0.1, 0.15) is 10.7 Å². The standard InChI is InChI=1S/C14H23N3O2S/c1-2-15-14-9-8-13(11-16-14)20(18,19)17-10-12-6-4-3-5-7-12/h8-9,11-12,17H,2-7,10H2,1H3,(H,15,16). The number of sulfonamides is 1. The summed E-state index contributed by atoms with van der Waals surface area (Å²) in [5, 5.41) is 3.04. The molecule has 0 radical (unpaired) electrons. The Kier molecular flexibility index (Phi) is 5.37. The predicted octanol–water partition coefficient (Wildman–Crippen LogP) is 2.37. The van der Waals surface area contributed by atoms with Gasteiger partial charge in [0.2, 0.25) is 10.0 Å². The summed E-state index contributed by atoms with van der Waals surface area (Å²) in [6.45, 7) is 3.27. The SMILES string of the molecule is CCNc1ccc(S(=O)(=O)NCC2CCCCC2)cn1. The number of nitrogens with zero attached hydrogens (tertiary/aromatic N) is 1. The van der Waals surface area contributed by atoms with Crippen molar-refractivity contribution in [1.29, 1.82) is 0 Å². The Morgan fingerprint density at radius 1 is 1.25 bits per heavy atom. The van der Waals surface area contributed by atoms with Gasteiger partial charge in [-0.2, -0.15) is 0 Å². The van der Waals surface area contributed by atoms with Crippen LogP contribution in [0, 0.1) is 5.92 Å². The van der Waals surface area contributed by atoms with Crippen molar-refractivity contribution < 1.29 is 8.42 Å². The molecule has 1 aliphatic carbocycles. The van der Waals surface area contributed by atoms with Crippen LogP contribution >= 0.6 is 0 Å². The van der Waals surface area contributed by atoms with Crippen LogP contribution in [0.25, 0.3) is 0 Å². The molecule has 5 nitrogen and oxygen atoms in total. The van der Waals surface area contributed by atoms with E-state index in [4.69, 9.17) is 0 Å². The van der Waals surface area contributed by atoms with E-state index < -0.39 is 10.0 Å². The van der Waals surface area contributed by atoms with Gasteiger partial charge in [-0.1, -0.05) is 19.3 Å². The third-order valence-corrected chi connectivity index (χ3v) is 5.10. The molecule has 0 aliphatic heterocycles. The number of rotatable bonds is 6. The van der Waals surface area contributed by atoms with Crippen LogP contribution in [0.15, 0.2) is 23.2 Å². The minimum absolute atomic E-state index is 0.231. The molecule has 6 heteroatoms. The second-order valence-corrected chi connectivity index (χ2v) is 7.03. The number of hydrogen-bond donors (Lipinski definition) is 2. The summed E-state index contributed by atoms with van der Waals surface area (Å²) >= 11 is 0. The number of anilines is 1. The fourth-order valence-corrected chi connectivity index (χ4v) is 3.59. The third kappa shape index (κ3) is 4.18. The van der Waals surface area contributed by atoms with Crippen LogP contribution in [-0.4, -0.2) is 26.5 Å². The van der Waals surface area contributed by atoms with Crippen molar-refractivity contribution in [3.8, 4) is 0 Å². The van der Waals surface area contributed by atoms with E-state index in [0.717, 1.165) is 19.4 Å². The predicted molar refractivity (Wildman–Crippen MR) is 80.2 cm³/mol. The van der Waals surface area contributed by atoms with E-state index in [1.54, 1.807) is 12.1 Å². The Morgan fingerprint density at radius 2 is 2.00 bits per heavy atom. The topological polar surface area (TPSA) is 71.1 Å².